The standard InChI is InChI=1S/C17H19BrFNO2.ClH/c1-3-22-17-13(8-14(18)9-16(17)21-2)11-20-10-12-4-6-15(19)7-5-12;/h4-9,20H,3,10-11H2,1-2H3;1H. The predicted octanol–water partition coefficient (Wildman–Crippen LogP) is 4.71. The Kier molecular flexibility index (Phi) is 8.37. The minimum absolute atomic E-state index is 0. The van der Waals surface area contributed by atoms with Gasteiger partial charge in [0.2, 0.25) is 0 Å². The van der Waals surface area contributed by atoms with Crippen molar-refractivity contribution in [1.82, 2.24) is 5.32 Å². The second-order valence-electron chi connectivity index (χ2n) is 4.76. The molecular weight excluding hydrogens is 385 g/mol. The lowest BCUT2D eigenvalue weighted by atomic mass is 10.1. The fraction of sp³-hybridized carbons (Fsp3) is 0.294. The number of rotatable bonds is 7. The summed E-state index contributed by atoms with van der Waals surface area (Å²) in [5, 5.41) is 3.34. The van der Waals surface area contributed by atoms with Gasteiger partial charge in [0.1, 0.15) is 5.82 Å². The third-order valence-electron chi connectivity index (χ3n) is 3.16. The highest BCUT2D eigenvalue weighted by Gasteiger charge is 2.12. The van der Waals surface area contributed by atoms with E-state index in [1.54, 1.807) is 19.2 Å². The highest BCUT2D eigenvalue weighted by Crippen LogP contribution is 2.34. The first-order valence-corrected chi connectivity index (χ1v) is 7.87. The van der Waals surface area contributed by atoms with Gasteiger partial charge in [-0.05, 0) is 36.8 Å². The molecule has 0 atom stereocenters. The largest absolute Gasteiger partial charge is 0.493 e. The summed E-state index contributed by atoms with van der Waals surface area (Å²) >= 11 is 3.48. The first kappa shape index (κ1) is 19.7. The smallest absolute Gasteiger partial charge is 0.165 e. The van der Waals surface area contributed by atoms with Crippen molar-refractivity contribution in [3.8, 4) is 11.5 Å². The summed E-state index contributed by atoms with van der Waals surface area (Å²) in [6.07, 6.45) is 0. The van der Waals surface area contributed by atoms with Crippen molar-refractivity contribution >= 4 is 28.3 Å². The zero-order valence-electron chi connectivity index (χ0n) is 13.1. The Labute approximate surface area is 150 Å². The Bertz CT molecular complexity index is 623. The van der Waals surface area contributed by atoms with Crippen LogP contribution in [0.2, 0.25) is 0 Å². The molecule has 2 aromatic rings. The number of halogens is 3. The van der Waals surface area contributed by atoms with Crippen molar-refractivity contribution in [2.75, 3.05) is 13.7 Å². The molecule has 2 rings (SSSR count). The third-order valence-corrected chi connectivity index (χ3v) is 3.62. The van der Waals surface area contributed by atoms with Gasteiger partial charge in [-0.3, -0.25) is 0 Å². The normalized spacial score (nSPS) is 10.1. The van der Waals surface area contributed by atoms with Crippen LogP contribution in [0.25, 0.3) is 0 Å². The van der Waals surface area contributed by atoms with E-state index in [1.807, 2.05) is 19.1 Å². The Morgan fingerprint density at radius 3 is 2.43 bits per heavy atom. The van der Waals surface area contributed by atoms with Crippen molar-refractivity contribution in [3.05, 3.63) is 57.8 Å². The molecule has 0 aliphatic carbocycles. The molecule has 0 fully saturated rings. The summed E-state index contributed by atoms with van der Waals surface area (Å²) in [4.78, 5) is 0. The maximum atomic E-state index is 12.9. The maximum absolute atomic E-state index is 12.9. The summed E-state index contributed by atoms with van der Waals surface area (Å²) in [7, 11) is 1.63. The Hall–Kier alpha value is -1.30. The third kappa shape index (κ3) is 5.68. The SMILES string of the molecule is CCOc1c(CNCc2ccc(F)cc2)cc(Br)cc1OC.Cl. The first-order valence-electron chi connectivity index (χ1n) is 7.08. The monoisotopic (exact) mass is 403 g/mol. The molecule has 0 saturated heterocycles. The van der Waals surface area contributed by atoms with Crippen molar-refractivity contribution in [3.63, 3.8) is 0 Å². The van der Waals surface area contributed by atoms with Crippen LogP contribution >= 0.6 is 28.3 Å². The van der Waals surface area contributed by atoms with Gasteiger partial charge in [0.05, 0.1) is 13.7 Å². The van der Waals surface area contributed by atoms with Gasteiger partial charge in [0, 0.05) is 23.1 Å². The van der Waals surface area contributed by atoms with Crippen LogP contribution in [0.5, 0.6) is 11.5 Å². The fourth-order valence-electron chi connectivity index (χ4n) is 2.16. The van der Waals surface area contributed by atoms with Crippen LogP contribution in [-0.2, 0) is 13.1 Å². The molecule has 0 heterocycles. The van der Waals surface area contributed by atoms with Crippen LogP contribution in [0, 0.1) is 5.82 Å². The van der Waals surface area contributed by atoms with E-state index in [0.717, 1.165) is 21.3 Å². The molecule has 6 heteroatoms. The number of ether oxygens (including phenoxy) is 2. The van der Waals surface area contributed by atoms with Gasteiger partial charge in [-0.2, -0.15) is 0 Å². The molecule has 126 valence electrons. The maximum Gasteiger partial charge on any atom is 0.165 e. The number of hydrogen-bond donors (Lipinski definition) is 1. The average Bonchev–Trinajstić information content (AvgIpc) is 2.51. The van der Waals surface area contributed by atoms with Gasteiger partial charge < -0.3 is 14.8 Å². The van der Waals surface area contributed by atoms with Crippen LogP contribution in [0.3, 0.4) is 0 Å². The molecule has 2 aromatic carbocycles. The molecule has 0 spiro atoms. The van der Waals surface area contributed by atoms with E-state index in [4.69, 9.17) is 9.47 Å². The molecule has 0 bridgehead atoms. The first-order chi connectivity index (χ1) is 10.6. The molecule has 0 aliphatic heterocycles. The topological polar surface area (TPSA) is 30.5 Å². The van der Waals surface area contributed by atoms with E-state index in [0.29, 0.717) is 25.4 Å². The number of nitrogens with one attached hydrogen (secondary N) is 1. The predicted molar refractivity (Wildman–Crippen MR) is 96.1 cm³/mol. The number of benzene rings is 2. The number of methoxy groups -OCH3 is 1. The zero-order chi connectivity index (χ0) is 15.9. The molecule has 0 aliphatic rings. The van der Waals surface area contributed by atoms with E-state index in [2.05, 4.69) is 21.2 Å². The van der Waals surface area contributed by atoms with Gasteiger partial charge in [0.25, 0.3) is 0 Å². The Balaban J connectivity index is 0.00000264. The van der Waals surface area contributed by atoms with Gasteiger partial charge in [-0.25, -0.2) is 4.39 Å². The van der Waals surface area contributed by atoms with Gasteiger partial charge in [-0.15, -0.1) is 12.4 Å². The van der Waals surface area contributed by atoms with Crippen molar-refractivity contribution in [2.45, 2.75) is 20.0 Å². The van der Waals surface area contributed by atoms with Crippen LogP contribution in [0.15, 0.2) is 40.9 Å². The molecular formula is C17H20BrClFNO2. The van der Waals surface area contributed by atoms with Crippen LogP contribution in [0.4, 0.5) is 4.39 Å². The quantitative estimate of drug-likeness (QED) is 0.725. The summed E-state index contributed by atoms with van der Waals surface area (Å²) in [6.45, 7) is 3.79. The van der Waals surface area contributed by atoms with Crippen molar-refractivity contribution in [1.29, 1.82) is 0 Å². The highest BCUT2D eigenvalue weighted by molar-refractivity contribution is 9.10. The van der Waals surface area contributed by atoms with Gasteiger partial charge in [0.15, 0.2) is 11.5 Å². The molecule has 0 aromatic heterocycles. The van der Waals surface area contributed by atoms with E-state index in [9.17, 15) is 4.39 Å². The lowest BCUT2D eigenvalue weighted by molar-refractivity contribution is 0.306. The molecule has 0 saturated carbocycles. The van der Waals surface area contributed by atoms with Crippen LogP contribution in [0.1, 0.15) is 18.1 Å². The van der Waals surface area contributed by atoms with E-state index in [-0.39, 0.29) is 18.2 Å². The summed E-state index contributed by atoms with van der Waals surface area (Å²) < 4.78 is 24.9. The summed E-state index contributed by atoms with van der Waals surface area (Å²) in [5.41, 5.74) is 2.04. The molecule has 3 nitrogen and oxygen atoms in total. The van der Waals surface area contributed by atoms with Crippen molar-refractivity contribution in [2.24, 2.45) is 0 Å². The van der Waals surface area contributed by atoms with Crippen LogP contribution < -0.4 is 14.8 Å². The lowest BCUT2D eigenvalue weighted by Gasteiger charge is -2.15. The van der Waals surface area contributed by atoms with E-state index < -0.39 is 0 Å². The second kappa shape index (κ2) is 9.75. The molecule has 0 amide bonds. The molecule has 23 heavy (non-hydrogen) atoms. The van der Waals surface area contributed by atoms with Gasteiger partial charge >= 0.3 is 0 Å². The minimum atomic E-state index is -0.223. The Morgan fingerprint density at radius 1 is 1.13 bits per heavy atom. The van der Waals surface area contributed by atoms with Gasteiger partial charge in [-0.1, -0.05) is 28.1 Å². The zero-order valence-corrected chi connectivity index (χ0v) is 15.5. The fourth-order valence-corrected chi connectivity index (χ4v) is 2.64. The summed E-state index contributed by atoms with van der Waals surface area (Å²) in [6, 6.07) is 10.4. The van der Waals surface area contributed by atoms with E-state index >= 15 is 0 Å². The average molecular weight is 405 g/mol. The lowest BCUT2D eigenvalue weighted by Crippen LogP contribution is -2.14. The summed E-state index contributed by atoms with van der Waals surface area (Å²) in [5.74, 6) is 1.23. The highest BCUT2D eigenvalue weighted by atomic mass is 79.9. The van der Waals surface area contributed by atoms with E-state index in [1.165, 1.54) is 12.1 Å². The molecule has 0 radical (unpaired) electrons. The minimum Gasteiger partial charge on any atom is -0.493 e. The molecule has 1 N–H and O–H groups in total. The molecule has 0 unspecified atom stereocenters. The second-order valence-corrected chi connectivity index (χ2v) is 5.68. The Morgan fingerprint density at radius 2 is 1.83 bits per heavy atom. The number of hydrogen-bond acceptors (Lipinski definition) is 3. The van der Waals surface area contributed by atoms with Crippen LogP contribution in [-0.4, -0.2) is 13.7 Å². The van der Waals surface area contributed by atoms with Crippen molar-refractivity contribution < 1.29 is 13.9 Å².